The van der Waals surface area contributed by atoms with Crippen LogP contribution in [0.1, 0.15) is 11.4 Å². The molecule has 1 amide bonds. The molecule has 146 valence electrons. The number of amides is 1. The average Bonchev–Trinajstić information content (AvgIpc) is 3.06. The van der Waals surface area contributed by atoms with Gasteiger partial charge in [0, 0.05) is 18.6 Å². The van der Waals surface area contributed by atoms with Gasteiger partial charge in [0.1, 0.15) is 12.4 Å². The number of nitrogens with zero attached hydrogens (tertiary/aromatic N) is 3. The Morgan fingerprint density at radius 1 is 1.14 bits per heavy atom. The number of hydrogen-bond donors (Lipinski definition) is 1. The van der Waals surface area contributed by atoms with Crippen molar-refractivity contribution in [3.63, 3.8) is 0 Å². The van der Waals surface area contributed by atoms with Gasteiger partial charge in [-0.15, -0.1) is 10.2 Å². The van der Waals surface area contributed by atoms with Gasteiger partial charge in [0.25, 0.3) is 0 Å². The second-order valence-corrected chi connectivity index (χ2v) is 7.45. The van der Waals surface area contributed by atoms with Gasteiger partial charge in [-0.05, 0) is 36.2 Å². The Balaban J connectivity index is 1.42. The van der Waals surface area contributed by atoms with E-state index in [2.05, 4.69) is 15.5 Å². The van der Waals surface area contributed by atoms with Crippen molar-refractivity contribution in [3.05, 3.63) is 71.0 Å². The number of carbonyl (C=O) groups is 1. The van der Waals surface area contributed by atoms with Crippen LogP contribution < -0.4 is 10.1 Å². The summed E-state index contributed by atoms with van der Waals surface area (Å²) >= 11 is 7.21. The number of carbonyl (C=O) groups excluding carboxylic acids is 1. The molecule has 28 heavy (non-hydrogen) atoms. The predicted octanol–water partition coefficient (Wildman–Crippen LogP) is 3.50. The second kappa shape index (κ2) is 10.1. The van der Waals surface area contributed by atoms with E-state index in [1.54, 1.807) is 24.3 Å². The fourth-order valence-corrected chi connectivity index (χ4v) is 3.33. The first kappa shape index (κ1) is 20.2. The molecule has 0 saturated heterocycles. The topological polar surface area (TPSA) is 69.0 Å². The van der Waals surface area contributed by atoms with Crippen LogP contribution in [0.3, 0.4) is 0 Å². The normalized spacial score (nSPS) is 10.6. The zero-order valence-corrected chi connectivity index (χ0v) is 17.0. The van der Waals surface area contributed by atoms with E-state index in [0.717, 1.165) is 6.42 Å². The molecule has 0 radical (unpaired) electrons. The van der Waals surface area contributed by atoms with Crippen LogP contribution in [0, 0.1) is 0 Å². The smallest absolute Gasteiger partial charge is 0.230 e. The Kier molecular flexibility index (Phi) is 7.33. The third-order valence-corrected chi connectivity index (χ3v) is 5.29. The van der Waals surface area contributed by atoms with Gasteiger partial charge in [0.15, 0.2) is 11.0 Å². The Bertz CT molecular complexity index is 900. The van der Waals surface area contributed by atoms with E-state index in [9.17, 15) is 4.79 Å². The highest BCUT2D eigenvalue weighted by atomic mass is 35.5. The van der Waals surface area contributed by atoms with Crippen molar-refractivity contribution < 1.29 is 9.53 Å². The van der Waals surface area contributed by atoms with Crippen molar-refractivity contribution in [1.82, 2.24) is 20.1 Å². The summed E-state index contributed by atoms with van der Waals surface area (Å²) in [5.41, 5.74) is 1.20. The molecule has 1 heterocycles. The summed E-state index contributed by atoms with van der Waals surface area (Å²) < 4.78 is 7.52. The molecular formula is C20H21ClN4O2S. The zero-order valence-electron chi connectivity index (χ0n) is 15.5. The molecule has 0 saturated carbocycles. The molecule has 0 spiro atoms. The summed E-state index contributed by atoms with van der Waals surface area (Å²) in [6, 6.07) is 17.2. The summed E-state index contributed by atoms with van der Waals surface area (Å²) in [5.74, 6) is 1.66. The minimum atomic E-state index is -0.0251. The molecule has 0 aliphatic carbocycles. The first-order chi connectivity index (χ1) is 13.6. The molecule has 3 aromatic rings. The third kappa shape index (κ3) is 6.00. The van der Waals surface area contributed by atoms with Crippen LogP contribution in [0.5, 0.6) is 5.75 Å². The van der Waals surface area contributed by atoms with Gasteiger partial charge >= 0.3 is 0 Å². The van der Waals surface area contributed by atoms with E-state index in [1.807, 2.05) is 41.9 Å². The van der Waals surface area contributed by atoms with Crippen LogP contribution in [-0.2, 0) is 24.9 Å². The maximum Gasteiger partial charge on any atom is 0.230 e. The van der Waals surface area contributed by atoms with Crippen LogP contribution in [0.15, 0.2) is 59.8 Å². The lowest BCUT2D eigenvalue weighted by Gasteiger charge is -2.07. The molecule has 0 bridgehead atoms. The van der Waals surface area contributed by atoms with E-state index < -0.39 is 0 Å². The average molecular weight is 417 g/mol. The van der Waals surface area contributed by atoms with Crippen molar-refractivity contribution in [2.24, 2.45) is 7.05 Å². The minimum absolute atomic E-state index is 0.0251. The van der Waals surface area contributed by atoms with Gasteiger partial charge in [0.05, 0.1) is 5.75 Å². The quantitative estimate of drug-likeness (QED) is 0.540. The van der Waals surface area contributed by atoms with Gasteiger partial charge < -0.3 is 14.6 Å². The van der Waals surface area contributed by atoms with Gasteiger partial charge in [-0.3, -0.25) is 4.79 Å². The van der Waals surface area contributed by atoms with Crippen LogP contribution in [0.25, 0.3) is 0 Å². The molecule has 0 fully saturated rings. The minimum Gasteiger partial charge on any atom is -0.486 e. The Labute approximate surface area is 173 Å². The van der Waals surface area contributed by atoms with Gasteiger partial charge in [0.2, 0.25) is 5.91 Å². The first-order valence-corrected chi connectivity index (χ1v) is 10.2. The predicted molar refractivity (Wildman–Crippen MR) is 111 cm³/mol. The largest absolute Gasteiger partial charge is 0.486 e. The second-order valence-electron chi connectivity index (χ2n) is 6.07. The highest BCUT2D eigenvalue weighted by Crippen LogP contribution is 2.18. The maximum absolute atomic E-state index is 12.0. The number of benzene rings is 2. The molecule has 0 atom stereocenters. The van der Waals surface area contributed by atoms with Gasteiger partial charge in [-0.1, -0.05) is 53.7 Å². The Hall–Kier alpha value is -2.51. The summed E-state index contributed by atoms with van der Waals surface area (Å²) in [4.78, 5) is 12.0. The number of aromatic nitrogens is 3. The Morgan fingerprint density at radius 3 is 2.64 bits per heavy atom. The van der Waals surface area contributed by atoms with Crippen molar-refractivity contribution in [2.45, 2.75) is 18.2 Å². The van der Waals surface area contributed by atoms with Gasteiger partial charge in [-0.2, -0.15) is 0 Å². The van der Waals surface area contributed by atoms with Crippen molar-refractivity contribution in [3.8, 4) is 5.75 Å². The molecule has 0 aliphatic rings. The lowest BCUT2D eigenvalue weighted by Crippen LogP contribution is -2.27. The number of thioether (sulfide) groups is 1. The lowest BCUT2D eigenvalue weighted by atomic mass is 10.1. The Morgan fingerprint density at radius 2 is 1.89 bits per heavy atom. The van der Waals surface area contributed by atoms with E-state index in [4.69, 9.17) is 16.3 Å². The fourth-order valence-electron chi connectivity index (χ4n) is 2.45. The molecule has 1 aromatic heterocycles. The number of hydrogen-bond acceptors (Lipinski definition) is 5. The van der Waals surface area contributed by atoms with Crippen molar-refractivity contribution >= 4 is 29.3 Å². The summed E-state index contributed by atoms with van der Waals surface area (Å²) in [5, 5.41) is 12.5. The number of halogens is 1. The number of nitrogens with one attached hydrogen (secondary N) is 1. The monoisotopic (exact) mass is 416 g/mol. The summed E-state index contributed by atoms with van der Waals surface area (Å²) in [7, 11) is 1.86. The molecule has 8 heteroatoms. The molecule has 1 N–H and O–H groups in total. The van der Waals surface area contributed by atoms with Crippen molar-refractivity contribution in [2.75, 3.05) is 12.3 Å². The summed E-state index contributed by atoms with van der Waals surface area (Å²) in [6.07, 6.45) is 0.813. The van der Waals surface area contributed by atoms with E-state index >= 15 is 0 Å². The fraction of sp³-hybridized carbons (Fsp3) is 0.250. The first-order valence-electron chi connectivity index (χ1n) is 8.82. The molecule has 2 aromatic carbocycles. The van der Waals surface area contributed by atoms with E-state index in [0.29, 0.717) is 34.1 Å². The SMILES string of the molecule is Cn1c(COc2ccc(Cl)cc2)nnc1SCC(=O)NCCc1ccccc1. The number of ether oxygens (including phenoxy) is 1. The standard InChI is InChI=1S/C20H21ClN4O2S/c1-25-18(13-27-17-9-7-16(21)8-10-17)23-24-20(25)28-14-19(26)22-12-11-15-5-3-2-4-6-15/h2-10H,11-14H2,1H3,(H,22,26). The van der Waals surface area contributed by atoms with Crippen LogP contribution >= 0.6 is 23.4 Å². The molecule has 3 rings (SSSR count). The molecule has 0 unspecified atom stereocenters. The molecule has 0 aliphatic heterocycles. The molecule has 6 nitrogen and oxygen atoms in total. The number of rotatable bonds is 9. The summed E-state index contributed by atoms with van der Waals surface area (Å²) in [6.45, 7) is 0.900. The van der Waals surface area contributed by atoms with Crippen molar-refractivity contribution in [1.29, 1.82) is 0 Å². The van der Waals surface area contributed by atoms with Crippen LogP contribution in [0.2, 0.25) is 5.02 Å². The van der Waals surface area contributed by atoms with E-state index in [1.165, 1.54) is 17.3 Å². The van der Waals surface area contributed by atoms with E-state index in [-0.39, 0.29) is 12.5 Å². The zero-order chi connectivity index (χ0) is 19.8. The highest BCUT2D eigenvalue weighted by Gasteiger charge is 2.12. The van der Waals surface area contributed by atoms with Crippen LogP contribution in [0.4, 0.5) is 0 Å². The van der Waals surface area contributed by atoms with Crippen LogP contribution in [-0.4, -0.2) is 33.0 Å². The maximum atomic E-state index is 12.0. The highest BCUT2D eigenvalue weighted by molar-refractivity contribution is 7.99. The molecular weight excluding hydrogens is 396 g/mol. The lowest BCUT2D eigenvalue weighted by molar-refractivity contribution is -0.118. The van der Waals surface area contributed by atoms with Gasteiger partial charge in [-0.25, -0.2) is 0 Å². The third-order valence-electron chi connectivity index (χ3n) is 4.02.